The van der Waals surface area contributed by atoms with Crippen molar-refractivity contribution in [3.63, 3.8) is 0 Å². The summed E-state index contributed by atoms with van der Waals surface area (Å²) < 4.78 is 0. The molecular formula is C11H12ClN. The van der Waals surface area contributed by atoms with E-state index in [0.29, 0.717) is 0 Å². The molecule has 0 amide bonds. The van der Waals surface area contributed by atoms with Crippen molar-refractivity contribution < 1.29 is 0 Å². The molecule has 1 aromatic heterocycles. The fourth-order valence-corrected chi connectivity index (χ4v) is 1.53. The zero-order chi connectivity index (χ0) is 8.55. The number of benzene rings is 1. The SMILES string of the molecule is Cc1cc2ccccc2c(C)n1.Cl. The van der Waals surface area contributed by atoms with E-state index in [4.69, 9.17) is 0 Å². The molecule has 0 unspecified atom stereocenters. The van der Waals surface area contributed by atoms with Gasteiger partial charge in [-0.15, -0.1) is 12.4 Å². The van der Waals surface area contributed by atoms with Crippen LogP contribution in [0.25, 0.3) is 10.8 Å². The molecule has 2 aromatic rings. The van der Waals surface area contributed by atoms with Gasteiger partial charge in [0.2, 0.25) is 0 Å². The molecule has 0 bridgehead atoms. The molecule has 0 fully saturated rings. The lowest BCUT2D eigenvalue weighted by Crippen LogP contribution is -1.86. The summed E-state index contributed by atoms with van der Waals surface area (Å²) in [7, 11) is 0. The fraction of sp³-hybridized carbons (Fsp3) is 0.182. The third kappa shape index (κ3) is 1.81. The van der Waals surface area contributed by atoms with Crippen LogP contribution in [0.2, 0.25) is 0 Å². The Morgan fingerprint density at radius 2 is 1.77 bits per heavy atom. The van der Waals surface area contributed by atoms with E-state index in [1.54, 1.807) is 0 Å². The minimum Gasteiger partial charge on any atom is -0.258 e. The Kier molecular flexibility index (Phi) is 2.89. The molecule has 0 saturated carbocycles. The van der Waals surface area contributed by atoms with Crippen LogP contribution in [-0.4, -0.2) is 4.98 Å². The van der Waals surface area contributed by atoms with Gasteiger partial charge >= 0.3 is 0 Å². The van der Waals surface area contributed by atoms with E-state index in [0.717, 1.165) is 11.4 Å². The molecule has 1 nitrogen and oxygen atoms in total. The normalized spacial score (nSPS) is 9.69. The van der Waals surface area contributed by atoms with Gasteiger partial charge in [0, 0.05) is 16.8 Å². The first-order valence-electron chi connectivity index (χ1n) is 4.10. The summed E-state index contributed by atoms with van der Waals surface area (Å²) in [6, 6.07) is 10.4. The highest BCUT2D eigenvalue weighted by atomic mass is 35.5. The standard InChI is InChI=1S/C11H11N.ClH/c1-8-7-10-5-3-4-6-11(10)9(2)12-8;/h3-7H,1-2H3;1H. The van der Waals surface area contributed by atoms with Gasteiger partial charge < -0.3 is 0 Å². The van der Waals surface area contributed by atoms with E-state index in [-0.39, 0.29) is 12.4 Å². The van der Waals surface area contributed by atoms with Crippen molar-refractivity contribution >= 4 is 23.2 Å². The predicted molar refractivity (Wildman–Crippen MR) is 58.5 cm³/mol. The molecule has 2 rings (SSSR count). The second kappa shape index (κ2) is 3.75. The van der Waals surface area contributed by atoms with Crippen molar-refractivity contribution in [3.8, 4) is 0 Å². The Balaban J connectivity index is 0.000000845. The highest BCUT2D eigenvalue weighted by Gasteiger charge is 1.97. The fourth-order valence-electron chi connectivity index (χ4n) is 1.53. The van der Waals surface area contributed by atoms with Gasteiger partial charge in [0.15, 0.2) is 0 Å². The Bertz CT molecular complexity index is 423. The average Bonchev–Trinajstić information content (AvgIpc) is 2.04. The van der Waals surface area contributed by atoms with Gasteiger partial charge in [-0.3, -0.25) is 4.98 Å². The molecule has 0 N–H and O–H groups in total. The van der Waals surface area contributed by atoms with Gasteiger partial charge in [0.25, 0.3) is 0 Å². The molecule has 0 radical (unpaired) electrons. The van der Waals surface area contributed by atoms with Crippen LogP contribution in [0, 0.1) is 13.8 Å². The first-order valence-corrected chi connectivity index (χ1v) is 4.10. The first-order chi connectivity index (χ1) is 5.77. The van der Waals surface area contributed by atoms with Gasteiger partial charge in [0.1, 0.15) is 0 Å². The maximum Gasteiger partial charge on any atom is 0.0454 e. The molecule has 0 aliphatic heterocycles. The summed E-state index contributed by atoms with van der Waals surface area (Å²) in [5.74, 6) is 0. The molecule has 0 aliphatic carbocycles. The van der Waals surface area contributed by atoms with Gasteiger partial charge in [-0.2, -0.15) is 0 Å². The number of aromatic nitrogens is 1. The lowest BCUT2D eigenvalue weighted by Gasteiger charge is -2.01. The Morgan fingerprint density at radius 3 is 2.54 bits per heavy atom. The van der Waals surface area contributed by atoms with Gasteiger partial charge in [-0.05, 0) is 25.3 Å². The molecule has 0 saturated heterocycles. The van der Waals surface area contributed by atoms with E-state index in [2.05, 4.69) is 36.2 Å². The average molecular weight is 194 g/mol. The second-order valence-electron chi connectivity index (χ2n) is 3.07. The molecule has 13 heavy (non-hydrogen) atoms. The van der Waals surface area contributed by atoms with Crippen LogP contribution < -0.4 is 0 Å². The lowest BCUT2D eigenvalue weighted by molar-refractivity contribution is 1.15. The maximum absolute atomic E-state index is 4.40. The highest BCUT2D eigenvalue weighted by Crippen LogP contribution is 2.16. The number of nitrogens with zero attached hydrogens (tertiary/aromatic N) is 1. The van der Waals surface area contributed by atoms with E-state index < -0.39 is 0 Å². The van der Waals surface area contributed by atoms with E-state index in [1.807, 2.05) is 13.0 Å². The first kappa shape index (κ1) is 10.0. The van der Waals surface area contributed by atoms with Crippen LogP contribution in [0.5, 0.6) is 0 Å². The van der Waals surface area contributed by atoms with Crippen molar-refractivity contribution in [1.82, 2.24) is 4.98 Å². The van der Waals surface area contributed by atoms with Gasteiger partial charge in [-0.25, -0.2) is 0 Å². The molecule has 1 heterocycles. The number of hydrogen-bond acceptors (Lipinski definition) is 1. The molecular weight excluding hydrogens is 182 g/mol. The van der Waals surface area contributed by atoms with Crippen LogP contribution in [0.1, 0.15) is 11.4 Å². The number of fused-ring (bicyclic) bond motifs is 1. The van der Waals surface area contributed by atoms with Gasteiger partial charge in [-0.1, -0.05) is 24.3 Å². The number of rotatable bonds is 0. The number of aryl methyl sites for hydroxylation is 2. The monoisotopic (exact) mass is 193 g/mol. The van der Waals surface area contributed by atoms with Crippen LogP contribution in [0.15, 0.2) is 30.3 Å². The quantitative estimate of drug-likeness (QED) is 0.626. The summed E-state index contributed by atoms with van der Waals surface area (Å²) in [6.07, 6.45) is 0. The van der Waals surface area contributed by atoms with Crippen molar-refractivity contribution in [2.24, 2.45) is 0 Å². The predicted octanol–water partition coefficient (Wildman–Crippen LogP) is 3.27. The number of hydrogen-bond donors (Lipinski definition) is 0. The largest absolute Gasteiger partial charge is 0.258 e. The summed E-state index contributed by atoms with van der Waals surface area (Å²) >= 11 is 0. The Hall–Kier alpha value is -1.08. The zero-order valence-corrected chi connectivity index (χ0v) is 8.56. The third-order valence-corrected chi connectivity index (χ3v) is 2.06. The van der Waals surface area contributed by atoms with Crippen molar-refractivity contribution in [2.45, 2.75) is 13.8 Å². The molecule has 0 atom stereocenters. The van der Waals surface area contributed by atoms with E-state index >= 15 is 0 Å². The molecule has 2 heteroatoms. The number of pyridine rings is 1. The summed E-state index contributed by atoms with van der Waals surface area (Å²) in [6.45, 7) is 4.08. The summed E-state index contributed by atoms with van der Waals surface area (Å²) in [4.78, 5) is 4.40. The molecule has 0 aliphatic rings. The molecule has 1 aromatic carbocycles. The second-order valence-corrected chi connectivity index (χ2v) is 3.07. The van der Waals surface area contributed by atoms with Crippen LogP contribution in [0.3, 0.4) is 0 Å². The van der Waals surface area contributed by atoms with Crippen molar-refractivity contribution in [3.05, 3.63) is 41.7 Å². The Morgan fingerprint density at radius 1 is 1.08 bits per heavy atom. The summed E-state index contributed by atoms with van der Waals surface area (Å²) in [5.41, 5.74) is 2.21. The molecule has 0 spiro atoms. The number of halogens is 1. The van der Waals surface area contributed by atoms with E-state index in [1.165, 1.54) is 10.8 Å². The van der Waals surface area contributed by atoms with Crippen molar-refractivity contribution in [2.75, 3.05) is 0 Å². The van der Waals surface area contributed by atoms with E-state index in [9.17, 15) is 0 Å². The smallest absolute Gasteiger partial charge is 0.0454 e. The minimum absolute atomic E-state index is 0. The van der Waals surface area contributed by atoms with Crippen LogP contribution in [0.4, 0.5) is 0 Å². The topological polar surface area (TPSA) is 12.9 Å². The minimum atomic E-state index is 0. The van der Waals surface area contributed by atoms with Crippen LogP contribution >= 0.6 is 12.4 Å². The Labute approximate surface area is 84.2 Å². The third-order valence-electron chi connectivity index (χ3n) is 2.06. The summed E-state index contributed by atoms with van der Waals surface area (Å²) in [5, 5.41) is 2.53. The van der Waals surface area contributed by atoms with Crippen LogP contribution in [-0.2, 0) is 0 Å². The zero-order valence-electron chi connectivity index (χ0n) is 7.74. The maximum atomic E-state index is 4.40. The van der Waals surface area contributed by atoms with Gasteiger partial charge in [0.05, 0.1) is 0 Å². The van der Waals surface area contributed by atoms with Crippen molar-refractivity contribution in [1.29, 1.82) is 0 Å². The highest BCUT2D eigenvalue weighted by molar-refractivity contribution is 5.85. The lowest BCUT2D eigenvalue weighted by atomic mass is 10.1. The molecule has 68 valence electrons.